The molecule has 0 aromatic rings. The van der Waals surface area contributed by atoms with Crippen molar-refractivity contribution >= 4 is 5.91 Å². The van der Waals surface area contributed by atoms with Gasteiger partial charge in [0.1, 0.15) is 11.8 Å². The Balaban J connectivity index is 2.47. The summed E-state index contributed by atoms with van der Waals surface area (Å²) < 4.78 is 10.7. The number of ether oxygens (including phenoxy) is 2. The monoisotopic (exact) mass is 258 g/mol. The summed E-state index contributed by atoms with van der Waals surface area (Å²) in [5, 5.41) is 6.40. The van der Waals surface area contributed by atoms with Crippen LogP contribution in [0.1, 0.15) is 40.5 Å². The van der Waals surface area contributed by atoms with Gasteiger partial charge < -0.3 is 14.8 Å². The topological polar surface area (TPSA) is 59.6 Å². The molecule has 0 radical (unpaired) electrons. The number of rotatable bonds is 5. The van der Waals surface area contributed by atoms with Crippen LogP contribution in [0.15, 0.2) is 0 Å². The molecular weight excluding hydrogens is 232 g/mol. The van der Waals surface area contributed by atoms with Crippen LogP contribution in [0.25, 0.3) is 0 Å². The molecule has 1 aliphatic rings. The minimum Gasteiger partial charge on any atom is -0.369 e. The van der Waals surface area contributed by atoms with E-state index in [1.165, 1.54) is 0 Å². The maximum Gasteiger partial charge on any atom is 0.251 e. The van der Waals surface area contributed by atoms with Gasteiger partial charge in [-0.3, -0.25) is 10.1 Å². The fraction of sp³-hybridized carbons (Fsp3) is 0.923. The fourth-order valence-electron chi connectivity index (χ4n) is 2.04. The van der Waals surface area contributed by atoms with Gasteiger partial charge in [-0.05, 0) is 40.5 Å². The lowest BCUT2D eigenvalue weighted by Crippen LogP contribution is -2.59. The van der Waals surface area contributed by atoms with E-state index < -0.39 is 5.60 Å². The molecule has 18 heavy (non-hydrogen) atoms. The molecule has 3 unspecified atom stereocenters. The van der Waals surface area contributed by atoms with Crippen LogP contribution in [0, 0.1) is 0 Å². The van der Waals surface area contributed by atoms with Crippen LogP contribution in [0.4, 0.5) is 0 Å². The van der Waals surface area contributed by atoms with Gasteiger partial charge in [-0.1, -0.05) is 0 Å². The Hall–Kier alpha value is -0.650. The summed E-state index contributed by atoms with van der Waals surface area (Å²) in [5.41, 5.74) is -0.781. The number of carbonyl (C=O) groups is 1. The van der Waals surface area contributed by atoms with E-state index in [0.29, 0.717) is 6.61 Å². The molecule has 106 valence electrons. The fourth-order valence-corrected chi connectivity index (χ4v) is 2.04. The molecule has 3 atom stereocenters. The summed E-state index contributed by atoms with van der Waals surface area (Å²) in [4.78, 5) is 12.0. The van der Waals surface area contributed by atoms with Crippen molar-refractivity contribution in [3.05, 3.63) is 0 Å². The van der Waals surface area contributed by atoms with E-state index in [-0.39, 0.29) is 24.2 Å². The van der Waals surface area contributed by atoms with Gasteiger partial charge in [-0.2, -0.15) is 0 Å². The lowest BCUT2D eigenvalue weighted by molar-refractivity contribution is -0.141. The summed E-state index contributed by atoms with van der Waals surface area (Å²) in [5.74, 6) is -0.0708. The van der Waals surface area contributed by atoms with Crippen LogP contribution < -0.4 is 10.6 Å². The lowest BCUT2D eigenvalue weighted by Gasteiger charge is -2.37. The van der Waals surface area contributed by atoms with Crippen LogP contribution in [0.2, 0.25) is 0 Å². The average molecular weight is 258 g/mol. The molecule has 1 rings (SSSR count). The Kier molecular flexibility index (Phi) is 5.56. The Labute approximate surface area is 110 Å². The molecule has 1 fully saturated rings. The molecule has 5 heteroatoms. The third-order valence-corrected chi connectivity index (χ3v) is 3.53. The van der Waals surface area contributed by atoms with Gasteiger partial charge in [-0.25, -0.2) is 0 Å². The Morgan fingerprint density at radius 1 is 1.44 bits per heavy atom. The van der Waals surface area contributed by atoms with Crippen LogP contribution in [0.5, 0.6) is 0 Å². The van der Waals surface area contributed by atoms with E-state index >= 15 is 0 Å². The highest BCUT2D eigenvalue weighted by atomic mass is 16.5. The molecule has 1 saturated heterocycles. The Morgan fingerprint density at radius 3 is 2.61 bits per heavy atom. The van der Waals surface area contributed by atoms with Gasteiger partial charge in [-0.15, -0.1) is 0 Å². The predicted octanol–water partition coefficient (Wildman–Crippen LogP) is 1.03. The summed E-state index contributed by atoms with van der Waals surface area (Å²) in [6, 6.07) is 0.329. The zero-order valence-corrected chi connectivity index (χ0v) is 12.1. The largest absolute Gasteiger partial charge is 0.369 e. The lowest BCUT2D eigenvalue weighted by atomic mass is 9.97. The van der Waals surface area contributed by atoms with Crippen LogP contribution in [-0.4, -0.2) is 43.5 Å². The van der Waals surface area contributed by atoms with Crippen molar-refractivity contribution in [3.63, 3.8) is 0 Å². The maximum atomic E-state index is 12.0. The first-order valence-electron chi connectivity index (χ1n) is 6.64. The zero-order chi connectivity index (χ0) is 13.8. The van der Waals surface area contributed by atoms with E-state index in [4.69, 9.17) is 9.47 Å². The Morgan fingerprint density at radius 2 is 2.11 bits per heavy atom. The van der Waals surface area contributed by atoms with Crippen molar-refractivity contribution in [1.29, 1.82) is 0 Å². The van der Waals surface area contributed by atoms with E-state index in [1.807, 2.05) is 6.92 Å². The first-order valence-corrected chi connectivity index (χ1v) is 6.64. The van der Waals surface area contributed by atoms with Crippen molar-refractivity contribution in [2.75, 3.05) is 13.7 Å². The normalized spacial score (nSPS) is 29.1. The van der Waals surface area contributed by atoms with Crippen LogP contribution in [0.3, 0.4) is 0 Å². The molecular formula is C13H26N2O3. The first kappa shape index (κ1) is 15.4. The second-order valence-corrected chi connectivity index (χ2v) is 5.27. The number of piperidine rings is 1. The maximum absolute atomic E-state index is 12.0. The Bertz CT molecular complexity index is 281. The molecule has 2 N–H and O–H groups in total. The van der Waals surface area contributed by atoms with E-state index in [1.54, 1.807) is 21.0 Å². The van der Waals surface area contributed by atoms with Crippen LogP contribution >= 0.6 is 0 Å². The van der Waals surface area contributed by atoms with Crippen molar-refractivity contribution in [2.24, 2.45) is 0 Å². The summed E-state index contributed by atoms with van der Waals surface area (Å²) in [6.45, 7) is 8.30. The van der Waals surface area contributed by atoms with Gasteiger partial charge in [0.05, 0.1) is 0 Å². The smallest absolute Gasteiger partial charge is 0.251 e. The second-order valence-electron chi connectivity index (χ2n) is 5.27. The molecule has 1 amide bonds. The van der Waals surface area contributed by atoms with Gasteiger partial charge in [0.2, 0.25) is 0 Å². The number of amides is 1. The number of nitrogens with one attached hydrogen (secondary N) is 2. The third-order valence-electron chi connectivity index (χ3n) is 3.53. The van der Waals surface area contributed by atoms with E-state index in [9.17, 15) is 4.79 Å². The molecule has 0 bridgehead atoms. The molecule has 0 aliphatic carbocycles. The van der Waals surface area contributed by atoms with Crippen molar-refractivity contribution in [1.82, 2.24) is 10.6 Å². The number of carbonyl (C=O) groups excluding carboxylic acids is 1. The number of hydrogen-bond acceptors (Lipinski definition) is 4. The summed E-state index contributed by atoms with van der Waals surface area (Å²) in [7, 11) is 1.55. The minimum atomic E-state index is -0.781. The molecule has 0 aromatic carbocycles. The average Bonchev–Trinajstić information content (AvgIpc) is 2.32. The second kappa shape index (κ2) is 6.50. The molecule has 0 spiro atoms. The molecule has 1 aliphatic heterocycles. The summed E-state index contributed by atoms with van der Waals surface area (Å²) in [6.07, 6.45) is 1.94. The zero-order valence-electron chi connectivity index (χ0n) is 12.1. The molecule has 1 heterocycles. The van der Waals surface area contributed by atoms with Gasteiger partial charge in [0, 0.05) is 25.8 Å². The quantitative estimate of drug-likeness (QED) is 0.773. The molecule has 0 saturated carbocycles. The standard InChI is InChI=1S/C13H26N2O3/c1-6-18-11-8-7-10(9(2)14-11)15-12(16)13(3,4)17-5/h9-11,14H,6-8H2,1-5H3,(H,15,16). The van der Waals surface area contributed by atoms with E-state index in [0.717, 1.165) is 12.8 Å². The van der Waals surface area contributed by atoms with Crippen molar-refractivity contribution < 1.29 is 14.3 Å². The number of methoxy groups -OCH3 is 1. The van der Waals surface area contributed by atoms with E-state index in [2.05, 4.69) is 17.6 Å². The van der Waals surface area contributed by atoms with Crippen molar-refractivity contribution in [3.8, 4) is 0 Å². The highest BCUT2D eigenvalue weighted by Crippen LogP contribution is 2.16. The van der Waals surface area contributed by atoms with Gasteiger partial charge in [0.25, 0.3) is 5.91 Å². The molecule has 0 aromatic heterocycles. The number of hydrogen-bond donors (Lipinski definition) is 2. The highest BCUT2D eigenvalue weighted by Gasteiger charge is 2.33. The predicted molar refractivity (Wildman–Crippen MR) is 70.3 cm³/mol. The highest BCUT2D eigenvalue weighted by molar-refractivity contribution is 5.84. The minimum absolute atomic E-state index is 0.0708. The SMILES string of the molecule is CCOC1CCC(NC(=O)C(C)(C)OC)C(C)N1. The molecule has 5 nitrogen and oxygen atoms in total. The first-order chi connectivity index (χ1) is 8.40. The van der Waals surface area contributed by atoms with Gasteiger partial charge in [0.15, 0.2) is 0 Å². The van der Waals surface area contributed by atoms with Gasteiger partial charge >= 0.3 is 0 Å². The van der Waals surface area contributed by atoms with Crippen LogP contribution in [-0.2, 0) is 14.3 Å². The third kappa shape index (κ3) is 3.93. The summed E-state index contributed by atoms with van der Waals surface area (Å²) >= 11 is 0. The van der Waals surface area contributed by atoms with Crippen molar-refractivity contribution in [2.45, 2.75) is 64.4 Å².